The molecule has 0 spiro atoms. The highest BCUT2D eigenvalue weighted by atomic mass is 16.2. The Morgan fingerprint density at radius 3 is 2.40 bits per heavy atom. The summed E-state index contributed by atoms with van der Waals surface area (Å²) >= 11 is 0. The molecular formula is C15H23N3O2. The van der Waals surface area contributed by atoms with E-state index in [4.69, 9.17) is 0 Å². The topological polar surface area (TPSA) is 73.2 Å². The molecule has 0 aromatic carbocycles. The van der Waals surface area contributed by atoms with E-state index in [2.05, 4.69) is 11.4 Å². The third-order valence-electron chi connectivity index (χ3n) is 4.15. The zero-order chi connectivity index (χ0) is 15.1. The van der Waals surface area contributed by atoms with Gasteiger partial charge in [0.25, 0.3) is 0 Å². The standard InChI is InChI=1S/C15H23N3O2/c1-10(2)17-15(8-16,11-5-6-11)9-18-12(19)7-14(3,4)13(18)20/h10-11,17H,5-7,9H2,1-4H3. The second-order valence-electron chi connectivity index (χ2n) is 7.00. The second kappa shape index (κ2) is 4.85. The van der Waals surface area contributed by atoms with Crippen LogP contribution < -0.4 is 5.32 Å². The zero-order valence-electron chi connectivity index (χ0n) is 12.7. The number of carbonyl (C=O) groups excluding carboxylic acids is 2. The van der Waals surface area contributed by atoms with Crippen molar-refractivity contribution in [1.82, 2.24) is 10.2 Å². The van der Waals surface area contributed by atoms with Crippen LogP contribution in [0.1, 0.15) is 47.0 Å². The molecule has 20 heavy (non-hydrogen) atoms. The van der Waals surface area contributed by atoms with Crippen LogP contribution >= 0.6 is 0 Å². The third kappa shape index (κ3) is 2.57. The fourth-order valence-electron chi connectivity index (χ4n) is 2.98. The van der Waals surface area contributed by atoms with Gasteiger partial charge in [-0.1, -0.05) is 13.8 Å². The lowest BCUT2D eigenvalue weighted by atomic mass is 9.91. The quantitative estimate of drug-likeness (QED) is 0.772. The van der Waals surface area contributed by atoms with Crippen molar-refractivity contribution < 1.29 is 9.59 Å². The Bertz CT molecular complexity index is 474. The zero-order valence-corrected chi connectivity index (χ0v) is 12.7. The highest BCUT2D eigenvalue weighted by Crippen LogP contribution is 2.42. The van der Waals surface area contributed by atoms with Gasteiger partial charge in [-0.15, -0.1) is 0 Å². The summed E-state index contributed by atoms with van der Waals surface area (Å²) < 4.78 is 0. The maximum Gasteiger partial charge on any atom is 0.235 e. The average molecular weight is 277 g/mol. The Morgan fingerprint density at radius 2 is 2.05 bits per heavy atom. The largest absolute Gasteiger partial charge is 0.295 e. The number of nitriles is 1. The summed E-state index contributed by atoms with van der Waals surface area (Å²) in [7, 11) is 0. The lowest BCUT2D eigenvalue weighted by molar-refractivity contribution is -0.141. The van der Waals surface area contributed by atoms with Crippen molar-refractivity contribution in [1.29, 1.82) is 5.26 Å². The summed E-state index contributed by atoms with van der Waals surface area (Å²) in [5, 5.41) is 12.9. The van der Waals surface area contributed by atoms with Gasteiger partial charge in [-0.2, -0.15) is 5.26 Å². The van der Waals surface area contributed by atoms with Gasteiger partial charge in [0.05, 0.1) is 18.0 Å². The maximum atomic E-state index is 12.3. The van der Waals surface area contributed by atoms with Crippen LogP contribution in [-0.2, 0) is 9.59 Å². The van der Waals surface area contributed by atoms with Gasteiger partial charge in [0.2, 0.25) is 11.8 Å². The molecule has 2 aliphatic rings. The molecule has 1 atom stereocenters. The third-order valence-corrected chi connectivity index (χ3v) is 4.15. The highest BCUT2D eigenvalue weighted by molar-refractivity contribution is 6.05. The molecule has 0 aromatic rings. The van der Waals surface area contributed by atoms with Crippen LogP contribution in [0.25, 0.3) is 0 Å². The van der Waals surface area contributed by atoms with Crippen molar-refractivity contribution >= 4 is 11.8 Å². The van der Waals surface area contributed by atoms with E-state index in [-0.39, 0.29) is 36.7 Å². The van der Waals surface area contributed by atoms with Crippen LogP contribution in [0.15, 0.2) is 0 Å². The smallest absolute Gasteiger partial charge is 0.235 e. The summed E-state index contributed by atoms with van der Waals surface area (Å²) in [6.45, 7) is 7.70. The van der Waals surface area contributed by atoms with Gasteiger partial charge in [-0.25, -0.2) is 0 Å². The molecule has 2 rings (SSSR count). The molecule has 1 aliphatic heterocycles. The molecule has 2 fully saturated rings. The molecule has 5 nitrogen and oxygen atoms in total. The van der Waals surface area contributed by atoms with Crippen molar-refractivity contribution in [2.75, 3.05) is 6.54 Å². The van der Waals surface area contributed by atoms with Gasteiger partial charge < -0.3 is 0 Å². The van der Waals surface area contributed by atoms with Crippen molar-refractivity contribution in [2.45, 2.75) is 58.5 Å². The van der Waals surface area contributed by atoms with Gasteiger partial charge in [-0.05, 0) is 32.6 Å². The highest BCUT2D eigenvalue weighted by Gasteiger charge is 2.52. The van der Waals surface area contributed by atoms with Gasteiger partial charge >= 0.3 is 0 Å². The molecular weight excluding hydrogens is 254 g/mol. The Balaban J connectivity index is 2.23. The Hall–Kier alpha value is -1.41. The number of hydrogen-bond acceptors (Lipinski definition) is 4. The lowest BCUT2D eigenvalue weighted by Gasteiger charge is -2.33. The van der Waals surface area contributed by atoms with Crippen molar-refractivity contribution in [3.8, 4) is 6.07 Å². The van der Waals surface area contributed by atoms with E-state index < -0.39 is 11.0 Å². The molecule has 1 unspecified atom stereocenters. The molecule has 2 amide bonds. The fraction of sp³-hybridized carbons (Fsp3) is 0.800. The summed E-state index contributed by atoms with van der Waals surface area (Å²) in [6, 6.07) is 2.48. The summed E-state index contributed by atoms with van der Waals surface area (Å²) in [5.74, 6) is -0.0848. The van der Waals surface area contributed by atoms with Crippen LogP contribution in [0.3, 0.4) is 0 Å². The number of nitrogens with one attached hydrogen (secondary N) is 1. The van der Waals surface area contributed by atoms with Gasteiger partial charge in [0.15, 0.2) is 0 Å². The number of likely N-dealkylation sites (tertiary alicyclic amines) is 1. The minimum atomic E-state index is -0.792. The molecule has 1 aliphatic carbocycles. The van der Waals surface area contributed by atoms with Crippen LogP contribution in [0, 0.1) is 22.7 Å². The monoisotopic (exact) mass is 277 g/mol. The maximum absolute atomic E-state index is 12.3. The first kappa shape index (κ1) is 15.0. The van der Waals surface area contributed by atoms with Crippen molar-refractivity contribution in [2.24, 2.45) is 11.3 Å². The van der Waals surface area contributed by atoms with E-state index >= 15 is 0 Å². The first-order valence-electron chi connectivity index (χ1n) is 7.25. The molecule has 110 valence electrons. The molecule has 5 heteroatoms. The van der Waals surface area contributed by atoms with E-state index in [9.17, 15) is 14.9 Å². The number of amides is 2. The molecule has 1 saturated heterocycles. The lowest BCUT2D eigenvalue weighted by Crippen LogP contribution is -2.57. The van der Waals surface area contributed by atoms with E-state index in [0.29, 0.717) is 0 Å². The minimum Gasteiger partial charge on any atom is -0.295 e. The van der Waals surface area contributed by atoms with E-state index in [0.717, 1.165) is 12.8 Å². The summed E-state index contributed by atoms with van der Waals surface area (Å²) in [5.41, 5.74) is -1.43. The van der Waals surface area contributed by atoms with Crippen LogP contribution in [-0.4, -0.2) is 34.8 Å². The average Bonchev–Trinajstić information content (AvgIpc) is 3.13. The van der Waals surface area contributed by atoms with Gasteiger partial charge in [0, 0.05) is 12.5 Å². The fourth-order valence-corrected chi connectivity index (χ4v) is 2.98. The molecule has 1 N–H and O–H groups in total. The molecule has 0 aromatic heterocycles. The molecule has 1 heterocycles. The number of rotatable bonds is 5. The Morgan fingerprint density at radius 1 is 1.45 bits per heavy atom. The first-order chi connectivity index (χ1) is 9.22. The van der Waals surface area contributed by atoms with E-state index in [1.165, 1.54) is 4.90 Å². The van der Waals surface area contributed by atoms with E-state index in [1.54, 1.807) is 13.8 Å². The second-order valence-corrected chi connectivity index (χ2v) is 7.00. The minimum absolute atomic E-state index is 0.135. The Labute approximate surface area is 120 Å². The number of nitrogens with zero attached hydrogens (tertiary/aromatic N) is 2. The predicted octanol–water partition coefficient (Wildman–Crippen LogP) is 1.44. The SMILES string of the molecule is CC(C)NC(C#N)(CN1C(=O)CC(C)(C)C1=O)C1CC1. The normalized spacial score (nSPS) is 24.9. The molecule has 1 saturated carbocycles. The van der Waals surface area contributed by atoms with Gasteiger partial charge in [0.1, 0.15) is 5.54 Å². The summed E-state index contributed by atoms with van der Waals surface area (Å²) in [4.78, 5) is 25.7. The predicted molar refractivity (Wildman–Crippen MR) is 74.5 cm³/mol. The number of imide groups is 1. The molecule has 0 bridgehead atoms. The van der Waals surface area contributed by atoms with E-state index in [1.807, 2.05) is 13.8 Å². The van der Waals surface area contributed by atoms with Gasteiger partial charge in [-0.3, -0.25) is 19.8 Å². The van der Waals surface area contributed by atoms with Crippen molar-refractivity contribution in [3.63, 3.8) is 0 Å². The first-order valence-corrected chi connectivity index (χ1v) is 7.25. The van der Waals surface area contributed by atoms with Crippen LogP contribution in [0.5, 0.6) is 0 Å². The Kier molecular flexibility index (Phi) is 3.64. The van der Waals surface area contributed by atoms with Crippen LogP contribution in [0.4, 0.5) is 0 Å². The summed E-state index contributed by atoms with van der Waals surface area (Å²) in [6.07, 6.45) is 2.19. The van der Waals surface area contributed by atoms with Crippen molar-refractivity contribution in [3.05, 3.63) is 0 Å². The number of carbonyl (C=O) groups is 2. The van der Waals surface area contributed by atoms with Crippen LogP contribution in [0.2, 0.25) is 0 Å². The number of hydrogen-bond donors (Lipinski definition) is 1. The molecule has 0 radical (unpaired) electrons.